The monoisotopic (exact) mass is 300 g/mol. The highest BCUT2D eigenvalue weighted by molar-refractivity contribution is 5.55. The van der Waals surface area contributed by atoms with Crippen molar-refractivity contribution in [3.63, 3.8) is 0 Å². The van der Waals surface area contributed by atoms with Crippen LogP contribution in [0.2, 0.25) is 0 Å². The third-order valence-corrected chi connectivity index (χ3v) is 2.39. The van der Waals surface area contributed by atoms with Gasteiger partial charge in [0.1, 0.15) is 0 Å². The molecule has 1 aromatic heterocycles. The maximum atomic E-state index is 12.5. The molecule has 0 spiro atoms. The summed E-state index contributed by atoms with van der Waals surface area (Å²) in [5, 5.41) is 2.73. The van der Waals surface area contributed by atoms with Crippen molar-refractivity contribution in [2.45, 2.75) is 6.18 Å². The highest BCUT2D eigenvalue weighted by atomic mass is 19.4. The molecule has 112 valence electrons. The number of nitrogen functional groups attached to an aromatic ring is 1. The number of hydrogen-bond donors (Lipinski definition) is 3. The number of nitrogens with two attached hydrogens (primary N) is 1. The van der Waals surface area contributed by atoms with Crippen LogP contribution in [-0.2, 0) is 6.18 Å². The Kier molecular flexibility index (Phi) is 4.08. The van der Waals surface area contributed by atoms with Gasteiger partial charge in [0, 0.05) is 5.69 Å². The van der Waals surface area contributed by atoms with Crippen LogP contribution in [0.25, 0.3) is 0 Å². The van der Waals surface area contributed by atoms with Crippen molar-refractivity contribution < 1.29 is 17.9 Å². The second-order valence-corrected chi connectivity index (χ2v) is 3.81. The lowest BCUT2D eigenvalue weighted by Gasteiger charge is -2.09. The molecule has 0 aliphatic heterocycles. The molecule has 0 unspecified atom stereocenters. The second-order valence-electron chi connectivity index (χ2n) is 3.81. The minimum Gasteiger partial charge on any atom is -0.467 e. The molecule has 4 N–H and O–H groups in total. The van der Waals surface area contributed by atoms with Gasteiger partial charge in [-0.2, -0.15) is 28.1 Å². The first kappa shape index (κ1) is 14.8. The highest BCUT2D eigenvalue weighted by Gasteiger charge is 2.29. The Balaban J connectivity index is 2.22. The van der Waals surface area contributed by atoms with E-state index in [-0.39, 0.29) is 17.9 Å². The summed E-state index contributed by atoms with van der Waals surface area (Å²) >= 11 is 0. The molecule has 0 atom stereocenters. The molecule has 1 aromatic carbocycles. The number of anilines is 3. The first-order chi connectivity index (χ1) is 9.92. The van der Waals surface area contributed by atoms with Gasteiger partial charge in [-0.1, -0.05) is 0 Å². The number of benzene rings is 1. The summed E-state index contributed by atoms with van der Waals surface area (Å²) in [5.74, 6) is 5.32. The molecular formula is C11H11F3N6O. The SMILES string of the molecule is COc1nc(NN)nc(Nc2ccc(C(F)(F)F)cc2)n1. The number of aromatic nitrogens is 3. The lowest BCUT2D eigenvalue weighted by molar-refractivity contribution is -0.137. The van der Waals surface area contributed by atoms with E-state index < -0.39 is 11.7 Å². The summed E-state index contributed by atoms with van der Waals surface area (Å²) in [7, 11) is 1.36. The van der Waals surface area contributed by atoms with Gasteiger partial charge in [-0.3, -0.25) is 5.43 Å². The number of nitrogens with zero attached hydrogens (tertiary/aromatic N) is 3. The molecular weight excluding hydrogens is 289 g/mol. The molecule has 0 radical (unpaired) electrons. The van der Waals surface area contributed by atoms with Gasteiger partial charge in [-0.25, -0.2) is 5.84 Å². The van der Waals surface area contributed by atoms with Gasteiger partial charge in [0.25, 0.3) is 0 Å². The van der Waals surface area contributed by atoms with E-state index in [0.29, 0.717) is 5.69 Å². The fraction of sp³-hybridized carbons (Fsp3) is 0.182. The van der Waals surface area contributed by atoms with Crippen molar-refractivity contribution in [3.05, 3.63) is 29.8 Å². The number of methoxy groups -OCH3 is 1. The second kappa shape index (κ2) is 5.79. The Labute approximate surface area is 117 Å². The third-order valence-electron chi connectivity index (χ3n) is 2.39. The van der Waals surface area contributed by atoms with Crippen molar-refractivity contribution in [3.8, 4) is 6.01 Å². The smallest absolute Gasteiger partial charge is 0.416 e. The molecule has 7 nitrogen and oxygen atoms in total. The predicted molar refractivity (Wildman–Crippen MR) is 68.9 cm³/mol. The van der Waals surface area contributed by atoms with Gasteiger partial charge in [-0.05, 0) is 24.3 Å². The van der Waals surface area contributed by atoms with Crippen LogP contribution in [0, 0.1) is 0 Å². The van der Waals surface area contributed by atoms with Gasteiger partial charge < -0.3 is 10.1 Å². The molecule has 0 fully saturated rings. The van der Waals surface area contributed by atoms with Crippen LogP contribution in [0.15, 0.2) is 24.3 Å². The molecule has 1 heterocycles. The fourth-order valence-corrected chi connectivity index (χ4v) is 1.44. The van der Waals surface area contributed by atoms with Crippen LogP contribution in [-0.4, -0.2) is 22.1 Å². The van der Waals surface area contributed by atoms with Gasteiger partial charge in [0.05, 0.1) is 12.7 Å². The van der Waals surface area contributed by atoms with Gasteiger partial charge >= 0.3 is 12.2 Å². The number of ether oxygens (including phenoxy) is 1. The van der Waals surface area contributed by atoms with Crippen LogP contribution >= 0.6 is 0 Å². The van der Waals surface area contributed by atoms with Crippen LogP contribution in [0.4, 0.5) is 30.8 Å². The topological polar surface area (TPSA) is 98.0 Å². The summed E-state index contributed by atoms with van der Waals surface area (Å²) in [6.07, 6.45) is -4.38. The molecule has 10 heteroatoms. The summed E-state index contributed by atoms with van der Waals surface area (Å²) < 4.78 is 42.2. The Morgan fingerprint density at radius 1 is 1.05 bits per heavy atom. The maximum Gasteiger partial charge on any atom is 0.416 e. The van der Waals surface area contributed by atoms with E-state index in [0.717, 1.165) is 12.1 Å². The number of hydrazine groups is 1. The quantitative estimate of drug-likeness (QED) is 0.586. The minimum atomic E-state index is -4.38. The Morgan fingerprint density at radius 2 is 1.67 bits per heavy atom. The van der Waals surface area contributed by atoms with Crippen molar-refractivity contribution >= 4 is 17.6 Å². The predicted octanol–water partition coefficient (Wildman–Crippen LogP) is 1.93. The van der Waals surface area contributed by atoms with E-state index in [9.17, 15) is 13.2 Å². The Hall–Kier alpha value is -2.62. The molecule has 0 saturated carbocycles. The van der Waals surface area contributed by atoms with Crippen molar-refractivity contribution in [2.75, 3.05) is 17.9 Å². The molecule has 0 aliphatic carbocycles. The zero-order valence-corrected chi connectivity index (χ0v) is 10.8. The molecule has 0 saturated heterocycles. The largest absolute Gasteiger partial charge is 0.467 e. The van der Waals surface area contributed by atoms with Crippen molar-refractivity contribution in [1.29, 1.82) is 0 Å². The summed E-state index contributed by atoms with van der Waals surface area (Å²) in [6, 6.07) is 4.42. The van der Waals surface area contributed by atoms with Crippen molar-refractivity contribution in [1.82, 2.24) is 15.0 Å². The first-order valence-corrected chi connectivity index (χ1v) is 5.63. The lowest BCUT2D eigenvalue weighted by Crippen LogP contribution is -2.13. The molecule has 0 bridgehead atoms. The third kappa shape index (κ3) is 3.69. The Morgan fingerprint density at radius 3 is 2.19 bits per heavy atom. The first-order valence-electron chi connectivity index (χ1n) is 5.63. The van der Waals surface area contributed by atoms with E-state index in [1.807, 2.05) is 0 Å². The number of alkyl halides is 3. The van der Waals surface area contributed by atoms with Gasteiger partial charge in [0.2, 0.25) is 11.9 Å². The summed E-state index contributed by atoms with van der Waals surface area (Å²) in [5.41, 5.74) is 1.86. The number of nitrogens with one attached hydrogen (secondary N) is 2. The molecule has 21 heavy (non-hydrogen) atoms. The number of hydrogen-bond acceptors (Lipinski definition) is 7. The standard InChI is InChI=1S/C11H11F3N6O/c1-21-10-18-8(17-9(19-10)20-15)16-7-4-2-6(3-5-7)11(12,13)14/h2-5H,15H2,1H3,(H2,16,17,18,19,20). The lowest BCUT2D eigenvalue weighted by atomic mass is 10.2. The van der Waals surface area contributed by atoms with Crippen LogP contribution in [0.3, 0.4) is 0 Å². The van der Waals surface area contributed by atoms with E-state index in [2.05, 4.69) is 25.7 Å². The van der Waals surface area contributed by atoms with Gasteiger partial charge in [0.15, 0.2) is 0 Å². The van der Waals surface area contributed by atoms with E-state index >= 15 is 0 Å². The van der Waals surface area contributed by atoms with E-state index in [1.54, 1.807) is 0 Å². The van der Waals surface area contributed by atoms with E-state index in [4.69, 9.17) is 10.6 Å². The van der Waals surface area contributed by atoms with Crippen LogP contribution in [0.1, 0.15) is 5.56 Å². The number of halogens is 3. The summed E-state index contributed by atoms with van der Waals surface area (Å²) in [4.78, 5) is 11.6. The fourth-order valence-electron chi connectivity index (χ4n) is 1.44. The van der Waals surface area contributed by atoms with E-state index in [1.165, 1.54) is 19.2 Å². The summed E-state index contributed by atoms with van der Waals surface area (Å²) in [6.45, 7) is 0. The molecule has 0 aliphatic rings. The molecule has 2 rings (SSSR count). The zero-order valence-electron chi connectivity index (χ0n) is 10.8. The van der Waals surface area contributed by atoms with Crippen LogP contribution < -0.4 is 21.3 Å². The molecule has 2 aromatic rings. The Bertz CT molecular complexity index is 594. The molecule has 0 amide bonds. The number of rotatable bonds is 4. The van der Waals surface area contributed by atoms with Crippen LogP contribution in [0.5, 0.6) is 6.01 Å². The zero-order chi connectivity index (χ0) is 15.5. The maximum absolute atomic E-state index is 12.5. The minimum absolute atomic E-state index is 0.00682. The van der Waals surface area contributed by atoms with Gasteiger partial charge in [-0.15, -0.1) is 0 Å². The highest BCUT2D eigenvalue weighted by Crippen LogP contribution is 2.30. The average Bonchev–Trinajstić information content (AvgIpc) is 2.46. The average molecular weight is 300 g/mol. The normalized spacial score (nSPS) is 11.1. The van der Waals surface area contributed by atoms with Crippen molar-refractivity contribution in [2.24, 2.45) is 5.84 Å².